The Labute approximate surface area is 264 Å². The fourth-order valence-electron chi connectivity index (χ4n) is 11.5. The fraction of sp³-hybridized carbons (Fsp3) is 0.882. The molecule has 0 radical (unpaired) electrons. The Morgan fingerprint density at radius 2 is 1.67 bits per heavy atom. The molecule has 2 aliphatic heterocycles. The number of morpholine rings is 1. The number of terminal acetylenes is 1. The number of ether oxygens (including phenoxy) is 3. The molecule has 0 amide bonds. The molecule has 2 heterocycles. The van der Waals surface area contributed by atoms with Gasteiger partial charge in [-0.25, -0.2) is 0 Å². The van der Waals surface area contributed by atoms with E-state index in [4.69, 9.17) is 20.6 Å². The van der Waals surface area contributed by atoms with Crippen molar-refractivity contribution in [1.29, 1.82) is 0 Å². The quantitative estimate of drug-likeness (QED) is 0.255. The summed E-state index contributed by atoms with van der Waals surface area (Å²) in [6.45, 7) is 14.5. The lowest BCUT2D eigenvalue weighted by atomic mass is 9.44. The van der Waals surface area contributed by atoms with E-state index in [9.17, 15) is 9.59 Å². The Hall–Kier alpha value is -1.14. The molecule has 6 aliphatic rings. The lowest BCUT2D eigenvalue weighted by molar-refractivity contribution is -0.936. The van der Waals surface area contributed by atoms with E-state index in [0.29, 0.717) is 29.7 Å². The molecule has 2 saturated heterocycles. The Balaban J connectivity index is 0.00000353. The molecule has 0 aromatic rings. The van der Waals surface area contributed by atoms with Gasteiger partial charge in [0.15, 0.2) is 6.10 Å². The number of nitrogens with zero attached hydrogens (tertiary/aromatic N) is 2. The average molecular weight is 650 g/mol. The van der Waals surface area contributed by atoms with Gasteiger partial charge >= 0.3 is 11.9 Å². The van der Waals surface area contributed by atoms with Gasteiger partial charge in [0.1, 0.15) is 18.7 Å². The van der Waals surface area contributed by atoms with Gasteiger partial charge in [-0.15, -0.1) is 6.42 Å². The molecule has 4 aliphatic carbocycles. The van der Waals surface area contributed by atoms with Crippen LogP contribution in [0, 0.1) is 46.8 Å². The largest absolute Gasteiger partial charge is 1.00 e. The summed E-state index contributed by atoms with van der Waals surface area (Å²) in [6.07, 6.45) is 16.3. The third-order valence-electron chi connectivity index (χ3n) is 13.3. The third-order valence-corrected chi connectivity index (χ3v) is 13.3. The molecule has 0 aromatic carbocycles. The first-order valence-electron chi connectivity index (χ1n) is 16.6. The van der Waals surface area contributed by atoms with Gasteiger partial charge in [0, 0.05) is 57.7 Å². The highest BCUT2D eigenvalue weighted by Gasteiger charge is 2.68. The molecule has 10 atom stereocenters. The number of quaternary nitrogens is 1. The number of likely N-dealkylation sites (tertiary alicyclic amines) is 1. The van der Waals surface area contributed by atoms with Crippen molar-refractivity contribution in [3.63, 3.8) is 0 Å². The molecule has 0 spiro atoms. The van der Waals surface area contributed by atoms with Crippen LogP contribution in [0.25, 0.3) is 0 Å². The molecule has 42 heavy (non-hydrogen) atoms. The number of fused-ring (bicyclic) bond motifs is 5. The van der Waals surface area contributed by atoms with Crippen molar-refractivity contribution in [2.75, 3.05) is 45.9 Å². The molecule has 8 heteroatoms. The Morgan fingerprint density at radius 1 is 0.976 bits per heavy atom. The van der Waals surface area contributed by atoms with Gasteiger partial charge in [-0.1, -0.05) is 13.8 Å². The van der Waals surface area contributed by atoms with Crippen molar-refractivity contribution in [2.45, 2.75) is 110 Å². The lowest BCUT2D eigenvalue weighted by Gasteiger charge is -2.62. The smallest absolute Gasteiger partial charge is 0.303 e. The van der Waals surface area contributed by atoms with Crippen LogP contribution in [0.3, 0.4) is 0 Å². The predicted octanol–water partition coefficient (Wildman–Crippen LogP) is 1.43. The summed E-state index contributed by atoms with van der Waals surface area (Å²) in [4.78, 5) is 27.3. The van der Waals surface area contributed by atoms with E-state index in [2.05, 4.69) is 24.7 Å². The zero-order valence-electron chi connectivity index (χ0n) is 26.3. The SMILES string of the molecule is C#CC[N+]1([C@H]2CC3C4CC[C@H]5C[C@H](OC(C)=O)[C@@H](N6CCOCC6)C[C@]5(C)C4CC[C@]3(C)[C@H]2OC(C)=O)CCCC1.[Br-]. The molecule has 0 aromatic heterocycles. The van der Waals surface area contributed by atoms with E-state index in [0.717, 1.165) is 76.1 Å². The van der Waals surface area contributed by atoms with Crippen LogP contribution in [0.2, 0.25) is 0 Å². The van der Waals surface area contributed by atoms with Crippen LogP contribution >= 0.6 is 0 Å². The summed E-state index contributed by atoms with van der Waals surface area (Å²) >= 11 is 0. The maximum atomic E-state index is 12.5. The molecule has 0 bridgehead atoms. The second-order valence-corrected chi connectivity index (χ2v) is 15.1. The lowest BCUT2D eigenvalue weighted by Crippen LogP contribution is -3.00. The summed E-state index contributed by atoms with van der Waals surface area (Å²) < 4.78 is 19.0. The highest BCUT2D eigenvalue weighted by atomic mass is 79.9. The molecule has 0 N–H and O–H groups in total. The molecule has 7 nitrogen and oxygen atoms in total. The van der Waals surface area contributed by atoms with Gasteiger partial charge in [0.05, 0.1) is 26.3 Å². The van der Waals surface area contributed by atoms with Gasteiger partial charge in [-0.05, 0) is 73.5 Å². The molecular weight excluding hydrogens is 596 g/mol. The third kappa shape index (κ3) is 5.37. The van der Waals surface area contributed by atoms with Crippen LogP contribution in [0.5, 0.6) is 0 Å². The minimum atomic E-state index is -0.154. The maximum Gasteiger partial charge on any atom is 0.303 e. The van der Waals surface area contributed by atoms with Crippen LogP contribution in [0.15, 0.2) is 0 Å². The van der Waals surface area contributed by atoms with Crippen LogP contribution < -0.4 is 17.0 Å². The van der Waals surface area contributed by atoms with E-state index in [1.54, 1.807) is 13.8 Å². The number of rotatable bonds is 5. The minimum Gasteiger partial charge on any atom is -1.00 e. The summed E-state index contributed by atoms with van der Waals surface area (Å²) in [5.41, 5.74) is 0.222. The van der Waals surface area contributed by atoms with E-state index in [-0.39, 0.29) is 58.0 Å². The average Bonchev–Trinajstić information content (AvgIpc) is 3.52. The number of esters is 2. The van der Waals surface area contributed by atoms with E-state index in [1.807, 2.05) is 0 Å². The van der Waals surface area contributed by atoms with Crippen molar-refractivity contribution in [3.8, 4) is 12.3 Å². The highest BCUT2D eigenvalue weighted by molar-refractivity contribution is 5.66. The molecule has 6 fully saturated rings. The predicted molar refractivity (Wildman–Crippen MR) is 156 cm³/mol. The zero-order valence-corrected chi connectivity index (χ0v) is 27.9. The van der Waals surface area contributed by atoms with Crippen molar-refractivity contribution < 1.29 is 45.3 Å². The first-order valence-corrected chi connectivity index (χ1v) is 16.6. The summed E-state index contributed by atoms with van der Waals surface area (Å²) in [7, 11) is 0. The Bertz CT molecular complexity index is 1050. The second-order valence-electron chi connectivity index (χ2n) is 15.1. The zero-order chi connectivity index (χ0) is 29.0. The van der Waals surface area contributed by atoms with Gasteiger partial charge in [0.25, 0.3) is 0 Å². The number of hydrogen-bond donors (Lipinski definition) is 0. The summed E-state index contributed by atoms with van der Waals surface area (Å²) in [5, 5.41) is 0. The number of carbonyl (C=O) groups is 2. The fourth-order valence-corrected chi connectivity index (χ4v) is 11.5. The van der Waals surface area contributed by atoms with E-state index < -0.39 is 0 Å². The van der Waals surface area contributed by atoms with Crippen molar-refractivity contribution in [2.24, 2.45) is 34.5 Å². The van der Waals surface area contributed by atoms with Crippen LogP contribution in [-0.4, -0.2) is 91.6 Å². The number of halogens is 1. The normalized spacial score (nSPS) is 44.5. The van der Waals surface area contributed by atoms with Crippen LogP contribution in [0.1, 0.15) is 85.5 Å². The van der Waals surface area contributed by atoms with E-state index >= 15 is 0 Å². The topological polar surface area (TPSA) is 65.1 Å². The summed E-state index contributed by atoms with van der Waals surface area (Å²) in [5.74, 6) is 5.15. The molecular formula is C34H53BrN2O5. The van der Waals surface area contributed by atoms with Gasteiger partial charge < -0.3 is 35.7 Å². The Kier molecular flexibility index (Phi) is 9.47. The maximum absolute atomic E-state index is 12.5. The molecule has 6 rings (SSSR count). The molecule has 4 saturated carbocycles. The highest BCUT2D eigenvalue weighted by Crippen LogP contribution is 2.67. The first-order chi connectivity index (χ1) is 19.6. The van der Waals surface area contributed by atoms with Crippen molar-refractivity contribution in [1.82, 2.24) is 4.90 Å². The van der Waals surface area contributed by atoms with Crippen molar-refractivity contribution >= 4 is 11.9 Å². The van der Waals surface area contributed by atoms with E-state index in [1.165, 1.54) is 32.1 Å². The standard InChI is InChI=1S/C34H53N2O5.BrH/c1-6-15-36(16-7-8-17-36)30-21-28-26-10-9-25-20-31(40-23(2)37)29(35-13-18-39-19-14-35)22-34(25,5)27(26)11-12-33(28,4)32(30)41-24(3)38;/h1,25-32H,7-22H2,2-5H3;1H/q+1;/p-1/t25-,26?,27?,28?,29-,30-,31-,32-,33-,34-;/m0./s1. The monoisotopic (exact) mass is 648 g/mol. The first kappa shape index (κ1) is 32.3. The van der Waals surface area contributed by atoms with Crippen LogP contribution in [-0.2, 0) is 23.8 Å². The Morgan fingerprint density at radius 3 is 2.31 bits per heavy atom. The number of carbonyl (C=O) groups excluding carboxylic acids is 2. The van der Waals surface area contributed by atoms with Crippen LogP contribution in [0.4, 0.5) is 0 Å². The molecule has 3 unspecified atom stereocenters. The summed E-state index contributed by atoms with van der Waals surface area (Å²) in [6, 6.07) is 0.563. The second kappa shape index (κ2) is 12.3. The minimum absolute atomic E-state index is 0. The van der Waals surface area contributed by atoms with Gasteiger partial charge in [0.2, 0.25) is 0 Å². The van der Waals surface area contributed by atoms with Crippen molar-refractivity contribution in [3.05, 3.63) is 0 Å². The number of hydrogen-bond acceptors (Lipinski definition) is 6. The molecule has 236 valence electrons. The van der Waals surface area contributed by atoms with Gasteiger partial charge in [-0.3, -0.25) is 14.5 Å². The van der Waals surface area contributed by atoms with Gasteiger partial charge in [-0.2, -0.15) is 0 Å².